The molecule has 1 aromatic carbocycles. The smallest absolute Gasteiger partial charge is 0.360 e. The van der Waals surface area contributed by atoms with E-state index in [-0.39, 0.29) is 0 Å². The zero-order valence-corrected chi connectivity index (χ0v) is 12.1. The van der Waals surface area contributed by atoms with E-state index in [9.17, 15) is 13.2 Å². The highest BCUT2D eigenvalue weighted by Crippen LogP contribution is 2.28. The summed E-state index contributed by atoms with van der Waals surface area (Å²) >= 11 is 0. The number of hydrogen-bond donors (Lipinski definition) is 1. The summed E-state index contributed by atoms with van der Waals surface area (Å²) in [6, 6.07) is 7.39. The highest BCUT2D eigenvalue weighted by atomic mass is 19.4. The van der Waals surface area contributed by atoms with Crippen molar-refractivity contribution in [2.75, 3.05) is 13.1 Å². The average Bonchev–Trinajstić information content (AvgIpc) is 2.37. The summed E-state index contributed by atoms with van der Waals surface area (Å²) in [5.74, 6) is 0. The number of alkyl halides is 3. The van der Waals surface area contributed by atoms with E-state index in [2.05, 4.69) is 5.32 Å². The molecular weight excluding hydrogens is 267 g/mol. The second-order valence-electron chi connectivity index (χ2n) is 4.92. The molecule has 0 aliphatic rings. The monoisotopic (exact) mass is 289 g/mol. The fourth-order valence-electron chi connectivity index (χ4n) is 1.76. The number of halogens is 3. The van der Waals surface area contributed by atoms with Gasteiger partial charge in [-0.2, -0.15) is 13.2 Å². The van der Waals surface area contributed by atoms with Crippen LogP contribution in [0.3, 0.4) is 0 Å². The minimum atomic E-state index is -4.34. The van der Waals surface area contributed by atoms with Crippen molar-refractivity contribution >= 4 is 0 Å². The van der Waals surface area contributed by atoms with Gasteiger partial charge in [-0.15, -0.1) is 0 Å². The molecule has 0 aliphatic carbocycles. The summed E-state index contributed by atoms with van der Waals surface area (Å²) in [4.78, 5) is 0. The molecular formula is C15H22F3NO. The van der Waals surface area contributed by atoms with Gasteiger partial charge in [-0.05, 0) is 32.4 Å². The van der Waals surface area contributed by atoms with Crippen molar-refractivity contribution in [3.63, 3.8) is 0 Å². The number of aryl methyl sites for hydroxylation is 1. The van der Waals surface area contributed by atoms with Gasteiger partial charge in [0, 0.05) is 6.54 Å². The SMILES string of the molecule is CCCNCC(OC(C)C(F)(F)F)c1ccc(C)cc1. The van der Waals surface area contributed by atoms with Gasteiger partial charge in [0.1, 0.15) is 0 Å². The fraction of sp³-hybridized carbons (Fsp3) is 0.600. The molecule has 1 N–H and O–H groups in total. The van der Waals surface area contributed by atoms with Crippen LogP contribution in [0, 0.1) is 6.92 Å². The Hall–Kier alpha value is -1.07. The van der Waals surface area contributed by atoms with Crippen LogP contribution in [0.5, 0.6) is 0 Å². The van der Waals surface area contributed by atoms with Gasteiger partial charge in [0.25, 0.3) is 0 Å². The fourth-order valence-corrected chi connectivity index (χ4v) is 1.76. The maximum atomic E-state index is 12.6. The molecule has 1 rings (SSSR count). The molecule has 0 amide bonds. The predicted octanol–water partition coefficient (Wildman–Crippen LogP) is 4.00. The molecule has 0 aliphatic heterocycles. The number of nitrogens with one attached hydrogen (secondary N) is 1. The number of hydrogen-bond acceptors (Lipinski definition) is 2. The van der Waals surface area contributed by atoms with Crippen LogP contribution >= 0.6 is 0 Å². The average molecular weight is 289 g/mol. The van der Waals surface area contributed by atoms with Crippen LogP contribution in [0.15, 0.2) is 24.3 Å². The largest absolute Gasteiger partial charge is 0.414 e. The molecule has 114 valence electrons. The zero-order chi connectivity index (χ0) is 15.2. The van der Waals surface area contributed by atoms with Crippen molar-refractivity contribution in [3.8, 4) is 0 Å². The Bertz CT molecular complexity index is 389. The Morgan fingerprint density at radius 2 is 1.80 bits per heavy atom. The molecule has 0 bridgehead atoms. The van der Waals surface area contributed by atoms with E-state index in [1.165, 1.54) is 0 Å². The van der Waals surface area contributed by atoms with Gasteiger partial charge in [-0.25, -0.2) is 0 Å². The van der Waals surface area contributed by atoms with Gasteiger partial charge in [0.05, 0.1) is 6.10 Å². The van der Waals surface area contributed by atoms with Gasteiger partial charge in [-0.1, -0.05) is 36.8 Å². The van der Waals surface area contributed by atoms with Gasteiger partial charge < -0.3 is 10.1 Å². The summed E-state index contributed by atoms with van der Waals surface area (Å²) in [6.07, 6.45) is -5.79. The summed E-state index contributed by atoms with van der Waals surface area (Å²) in [7, 11) is 0. The first-order valence-corrected chi connectivity index (χ1v) is 6.84. The molecule has 0 heterocycles. The number of benzene rings is 1. The first-order valence-electron chi connectivity index (χ1n) is 6.84. The van der Waals surface area contributed by atoms with E-state index in [1.807, 2.05) is 38.1 Å². The molecule has 0 aromatic heterocycles. The lowest BCUT2D eigenvalue weighted by atomic mass is 10.1. The first kappa shape index (κ1) is 17.0. The summed E-state index contributed by atoms with van der Waals surface area (Å²) in [6.45, 7) is 6.12. The molecule has 0 spiro atoms. The molecule has 2 unspecified atom stereocenters. The molecule has 0 saturated heterocycles. The molecule has 5 heteroatoms. The van der Waals surface area contributed by atoms with Crippen molar-refractivity contribution in [2.45, 2.75) is 45.6 Å². The molecule has 20 heavy (non-hydrogen) atoms. The minimum Gasteiger partial charge on any atom is -0.360 e. The van der Waals surface area contributed by atoms with E-state index >= 15 is 0 Å². The molecule has 2 nitrogen and oxygen atoms in total. The van der Waals surface area contributed by atoms with Crippen LogP contribution < -0.4 is 5.32 Å². The molecule has 1 aromatic rings. The van der Waals surface area contributed by atoms with Crippen molar-refractivity contribution in [2.24, 2.45) is 0 Å². The van der Waals surface area contributed by atoms with Crippen LogP contribution in [0.4, 0.5) is 13.2 Å². The van der Waals surface area contributed by atoms with Gasteiger partial charge >= 0.3 is 6.18 Å². The highest BCUT2D eigenvalue weighted by Gasteiger charge is 2.38. The maximum absolute atomic E-state index is 12.6. The van der Waals surface area contributed by atoms with E-state index in [4.69, 9.17) is 4.74 Å². The Labute approximate surface area is 118 Å². The third-order valence-corrected chi connectivity index (χ3v) is 3.03. The normalized spacial score (nSPS) is 15.1. The van der Waals surface area contributed by atoms with Crippen LogP contribution in [0.2, 0.25) is 0 Å². The number of ether oxygens (including phenoxy) is 1. The second-order valence-corrected chi connectivity index (χ2v) is 4.92. The molecule has 0 fully saturated rings. The number of rotatable bonds is 7. The lowest BCUT2D eigenvalue weighted by Gasteiger charge is -2.25. The third kappa shape index (κ3) is 5.51. The Balaban J connectivity index is 2.76. The lowest BCUT2D eigenvalue weighted by molar-refractivity contribution is -0.227. The summed E-state index contributed by atoms with van der Waals surface area (Å²) < 4.78 is 43.1. The zero-order valence-electron chi connectivity index (χ0n) is 12.1. The van der Waals surface area contributed by atoms with Crippen LogP contribution in [0.25, 0.3) is 0 Å². The second kappa shape index (κ2) is 7.64. The molecule has 0 saturated carbocycles. The van der Waals surface area contributed by atoms with E-state index in [0.717, 1.165) is 31.0 Å². The molecule has 0 radical (unpaired) electrons. The van der Waals surface area contributed by atoms with E-state index < -0.39 is 18.4 Å². The Kier molecular flexibility index (Phi) is 6.49. The van der Waals surface area contributed by atoms with Crippen LogP contribution in [0.1, 0.15) is 37.5 Å². The van der Waals surface area contributed by atoms with Crippen molar-refractivity contribution in [1.82, 2.24) is 5.32 Å². The van der Waals surface area contributed by atoms with Crippen molar-refractivity contribution in [3.05, 3.63) is 35.4 Å². The minimum absolute atomic E-state index is 0.372. The maximum Gasteiger partial charge on any atom is 0.414 e. The van der Waals surface area contributed by atoms with Crippen LogP contribution in [-0.4, -0.2) is 25.4 Å². The standard InChI is InChI=1S/C15H22F3NO/c1-4-9-19-10-14(20-12(3)15(16,17)18)13-7-5-11(2)6-8-13/h5-8,12,14,19H,4,9-10H2,1-3H3. The first-order chi connectivity index (χ1) is 9.34. The lowest BCUT2D eigenvalue weighted by Crippen LogP contribution is -2.33. The summed E-state index contributed by atoms with van der Waals surface area (Å²) in [5.41, 5.74) is 1.83. The van der Waals surface area contributed by atoms with Crippen molar-refractivity contribution in [1.29, 1.82) is 0 Å². The topological polar surface area (TPSA) is 21.3 Å². The molecule has 2 atom stereocenters. The van der Waals surface area contributed by atoms with E-state index in [1.54, 1.807) is 0 Å². The predicted molar refractivity (Wildman–Crippen MR) is 73.7 cm³/mol. The summed E-state index contributed by atoms with van der Waals surface area (Å²) in [5, 5.41) is 3.11. The van der Waals surface area contributed by atoms with Crippen LogP contribution in [-0.2, 0) is 4.74 Å². The van der Waals surface area contributed by atoms with Gasteiger partial charge in [0.15, 0.2) is 6.10 Å². The van der Waals surface area contributed by atoms with Gasteiger partial charge in [0.2, 0.25) is 0 Å². The Morgan fingerprint density at radius 1 is 1.20 bits per heavy atom. The van der Waals surface area contributed by atoms with Gasteiger partial charge in [-0.3, -0.25) is 0 Å². The highest BCUT2D eigenvalue weighted by molar-refractivity contribution is 5.23. The quantitative estimate of drug-likeness (QED) is 0.766. The van der Waals surface area contributed by atoms with Crippen molar-refractivity contribution < 1.29 is 17.9 Å². The Morgan fingerprint density at radius 3 is 2.30 bits per heavy atom. The van der Waals surface area contributed by atoms with E-state index in [0.29, 0.717) is 6.54 Å². The third-order valence-electron chi connectivity index (χ3n) is 3.03.